The largest absolute Gasteiger partial charge is 0.450 e. The van der Waals surface area contributed by atoms with E-state index in [1.165, 1.54) is 0 Å². The Bertz CT molecular complexity index is 772. The molecular formula is C19H27IN6O2. The van der Waals surface area contributed by atoms with Crippen LogP contribution in [0.4, 0.5) is 4.79 Å². The molecule has 8 nitrogen and oxygen atoms in total. The van der Waals surface area contributed by atoms with Gasteiger partial charge in [-0.3, -0.25) is 4.99 Å². The summed E-state index contributed by atoms with van der Waals surface area (Å²) in [5.74, 6) is 0.813. The molecule has 0 aliphatic carbocycles. The van der Waals surface area contributed by atoms with Gasteiger partial charge in [-0.25, -0.2) is 9.48 Å². The van der Waals surface area contributed by atoms with Gasteiger partial charge in [0.1, 0.15) is 0 Å². The number of carbonyl (C=O) groups excluding carboxylic acids is 1. The van der Waals surface area contributed by atoms with E-state index in [9.17, 15) is 4.79 Å². The minimum Gasteiger partial charge on any atom is -0.450 e. The van der Waals surface area contributed by atoms with E-state index in [0.29, 0.717) is 26.2 Å². The first-order valence-electron chi connectivity index (χ1n) is 9.18. The lowest BCUT2D eigenvalue weighted by atomic mass is 10.3. The highest BCUT2D eigenvalue weighted by Crippen LogP contribution is 2.08. The smallest absolute Gasteiger partial charge is 0.409 e. The van der Waals surface area contributed by atoms with Crippen molar-refractivity contribution in [3.63, 3.8) is 0 Å². The predicted molar refractivity (Wildman–Crippen MR) is 119 cm³/mol. The number of para-hydroxylation sites is 1. The van der Waals surface area contributed by atoms with E-state index in [2.05, 4.69) is 20.3 Å². The van der Waals surface area contributed by atoms with E-state index in [1.807, 2.05) is 54.2 Å². The highest BCUT2D eigenvalue weighted by atomic mass is 127. The Labute approximate surface area is 182 Å². The molecule has 2 heterocycles. The Hall–Kier alpha value is -2.30. The van der Waals surface area contributed by atoms with Crippen LogP contribution in [0.3, 0.4) is 0 Å². The number of amides is 1. The second-order valence-electron chi connectivity index (χ2n) is 6.16. The summed E-state index contributed by atoms with van der Waals surface area (Å²) in [6.45, 7) is 5.50. The molecule has 1 fully saturated rings. The number of hydrogen-bond donors (Lipinski definition) is 1. The van der Waals surface area contributed by atoms with Crippen LogP contribution in [0, 0.1) is 0 Å². The first-order chi connectivity index (χ1) is 13.2. The average Bonchev–Trinajstić information content (AvgIpc) is 3.19. The van der Waals surface area contributed by atoms with Gasteiger partial charge in [-0.2, -0.15) is 5.10 Å². The van der Waals surface area contributed by atoms with Crippen molar-refractivity contribution in [2.24, 2.45) is 4.99 Å². The number of nitrogens with zero attached hydrogens (tertiary/aromatic N) is 5. The van der Waals surface area contributed by atoms with Crippen molar-refractivity contribution in [2.45, 2.75) is 13.5 Å². The average molecular weight is 498 g/mol. The van der Waals surface area contributed by atoms with E-state index in [-0.39, 0.29) is 30.1 Å². The molecule has 0 saturated carbocycles. The number of ether oxygens (including phenoxy) is 1. The van der Waals surface area contributed by atoms with Crippen LogP contribution < -0.4 is 5.32 Å². The number of hydrogen-bond acceptors (Lipinski definition) is 4. The van der Waals surface area contributed by atoms with Gasteiger partial charge in [-0.1, -0.05) is 18.2 Å². The molecule has 1 saturated heterocycles. The third-order valence-corrected chi connectivity index (χ3v) is 4.41. The Morgan fingerprint density at radius 1 is 1.14 bits per heavy atom. The monoisotopic (exact) mass is 498 g/mol. The van der Waals surface area contributed by atoms with Gasteiger partial charge in [0, 0.05) is 39.4 Å². The van der Waals surface area contributed by atoms with Gasteiger partial charge >= 0.3 is 6.09 Å². The number of rotatable bonds is 4. The molecule has 0 atom stereocenters. The fraction of sp³-hybridized carbons (Fsp3) is 0.421. The molecule has 1 amide bonds. The topological polar surface area (TPSA) is 75.0 Å². The molecule has 152 valence electrons. The quantitative estimate of drug-likeness (QED) is 0.398. The summed E-state index contributed by atoms with van der Waals surface area (Å²) in [6.07, 6.45) is 1.71. The molecule has 1 aromatic carbocycles. The van der Waals surface area contributed by atoms with E-state index < -0.39 is 0 Å². The number of piperazine rings is 1. The van der Waals surface area contributed by atoms with E-state index in [0.717, 1.165) is 30.4 Å². The second kappa shape index (κ2) is 10.9. The Morgan fingerprint density at radius 2 is 1.82 bits per heavy atom. The fourth-order valence-electron chi connectivity index (χ4n) is 3.00. The zero-order chi connectivity index (χ0) is 19.1. The van der Waals surface area contributed by atoms with Gasteiger partial charge in [0.25, 0.3) is 0 Å². The molecule has 1 N–H and O–H groups in total. The first kappa shape index (κ1) is 22.0. The van der Waals surface area contributed by atoms with E-state index >= 15 is 0 Å². The van der Waals surface area contributed by atoms with Crippen molar-refractivity contribution in [2.75, 3.05) is 39.8 Å². The molecular weight excluding hydrogens is 471 g/mol. The number of aromatic nitrogens is 2. The molecule has 2 aromatic rings. The molecule has 1 aliphatic rings. The van der Waals surface area contributed by atoms with Crippen LogP contribution in [0.5, 0.6) is 0 Å². The van der Waals surface area contributed by atoms with Crippen molar-refractivity contribution in [1.29, 1.82) is 0 Å². The van der Waals surface area contributed by atoms with Gasteiger partial charge in [-0.05, 0) is 25.1 Å². The van der Waals surface area contributed by atoms with Crippen molar-refractivity contribution in [3.05, 3.63) is 48.3 Å². The van der Waals surface area contributed by atoms with Crippen LogP contribution >= 0.6 is 24.0 Å². The SMILES string of the molecule is CCOC(=O)N1CCN(C(=NC)NCc2ccn(-c3ccccc3)n2)CC1.I. The summed E-state index contributed by atoms with van der Waals surface area (Å²) >= 11 is 0. The maximum Gasteiger partial charge on any atom is 0.409 e. The third-order valence-electron chi connectivity index (χ3n) is 4.41. The highest BCUT2D eigenvalue weighted by molar-refractivity contribution is 14.0. The molecule has 1 aliphatic heterocycles. The predicted octanol–water partition coefficient (Wildman–Crippen LogP) is 2.34. The minimum absolute atomic E-state index is 0. The summed E-state index contributed by atoms with van der Waals surface area (Å²) < 4.78 is 6.92. The lowest BCUT2D eigenvalue weighted by molar-refractivity contribution is 0.0914. The van der Waals surface area contributed by atoms with Crippen LogP contribution in [0.1, 0.15) is 12.6 Å². The number of aliphatic imine (C=N–C) groups is 1. The number of nitrogens with one attached hydrogen (secondary N) is 1. The normalized spacial score (nSPS) is 14.4. The lowest BCUT2D eigenvalue weighted by Gasteiger charge is -2.35. The summed E-state index contributed by atoms with van der Waals surface area (Å²) in [7, 11) is 1.77. The Morgan fingerprint density at radius 3 is 2.46 bits per heavy atom. The fourth-order valence-corrected chi connectivity index (χ4v) is 3.00. The van der Waals surface area contributed by atoms with Gasteiger partial charge in [0.2, 0.25) is 0 Å². The molecule has 0 radical (unpaired) electrons. The van der Waals surface area contributed by atoms with Crippen LogP contribution in [-0.4, -0.2) is 71.5 Å². The standard InChI is InChI=1S/C19H26N6O2.HI/c1-3-27-19(26)24-13-11-23(12-14-24)18(20-2)21-15-16-9-10-25(22-16)17-7-5-4-6-8-17;/h4-10H,3,11-15H2,1-2H3,(H,20,21);1H. The third kappa shape index (κ3) is 5.60. The zero-order valence-electron chi connectivity index (χ0n) is 16.2. The van der Waals surface area contributed by atoms with Crippen LogP contribution in [0.15, 0.2) is 47.6 Å². The molecule has 3 rings (SSSR count). The number of carbonyl (C=O) groups is 1. The summed E-state index contributed by atoms with van der Waals surface area (Å²) in [6, 6.07) is 12.0. The molecule has 9 heteroatoms. The molecule has 0 spiro atoms. The summed E-state index contributed by atoms with van der Waals surface area (Å²) in [4.78, 5) is 20.0. The van der Waals surface area contributed by atoms with Crippen LogP contribution in [-0.2, 0) is 11.3 Å². The Kier molecular flexibility index (Phi) is 8.55. The van der Waals surface area contributed by atoms with Gasteiger partial charge in [0.15, 0.2) is 5.96 Å². The molecule has 0 unspecified atom stereocenters. The van der Waals surface area contributed by atoms with E-state index in [1.54, 1.807) is 11.9 Å². The molecule has 28 heavy (non-hydrogen) atoms. The van der Waals surface area contributed by atoms with Gasteiger partial charge in [-0.15, -0.1) is 24.0 Å². The summed E-state index contributed by atoms with van der Waals surface area (Å²) in [5, 5.41) is 7.95. The lowest BCUT2D eigenvalue weighted by Crippen LogP contribution is -2.53. The Balaban J connectivity index is 0.00000280. The summed E-state index contributed by atoms with van der Waals surface area (Å²) in [5.41, 5.74) is 1.97. The maximum absolute atomic E-state index is 11.8. The maximum atomic E-state index is 11.8. The molecule has 1 aromatic heterocycles. The number of guanidine groups is 1. The van der Waals surface area contributed by atoms with Crippen LogP contribution in [0.25, 0.3) is 5.69 Å². The molecule has 0 bridgehead atoms. The zero-order valence-corrected chi connectivity index (χ0v) is 18.6. The number of benzene rings is 1. The van der Waals surface area contributed by atoms with E-state index in [4.69, 9.17) is 4.74 Å². The van der Waals surface area contributed by atoms with Crippen molar-refractivity contribution in [3.8, 4) is 5.69 Å². The second-order valence-corrected chi connectivity index (χ2v) is 6.16. The van der Waals surface area contributed by atoms with Crippen molar-refractivity contribution in [1.82, 2.24) is 24.9 Å². The highest BCUT2D eigenvalue weighted by Gasteiger charge is 2.23. The van der Waals surface area contributed by atoms with Crippen molar-refractivity contribution >= 4 is 36.0 Å². The van der Waals surface area contributed by atoms with Crippen LogP contribution in [0.2, 0.25) is 0 Å². The van der Waals surface area contributed by atoms with Gasteiger partial charge < -0.3 is 19.9 Å². The van der Waals surface area contributed by atoms with Gasteiger partial charge in [0.05, 0.1) is 24.5 Å². The van der Waals surface area contributed by atoms with Crippen molar-refractivity contribution < 1.29 is 9.53 Å². The minimum atomic E-state index is -0.244. The number of halogens is 1. The first-order valence-corrected chi connectivity index (χ1v) is 9.18.